The van der Waals surface area contributed by atoms with Gasteiger partial charge in [0.25, 0.3) is 0 Å². The highest BCUT2D eigenvalue weighted by molar-refractivity contribution is 5.91. The Kier molecular flexibility index (Phi) is 4.68. The van der Waals surface area contributed by atoms with Crippen LogP contribution >= 0.6 is 0 Å². The van der Waals surface area contributed by atoms with Gasteiger partial charge in [-0.15, -0.1) is 0 Å². The van der Waals surface area contributed by atoms with Crippen molar-refractivity contribution in [2.45, 2.75) is 19.8 Å². The minimum absolute atomic E-state index is 0.0409. The van der Waals surface area contributed by atoms with Gasteiger partial charge in [0.05, 0.1) is 10.5 Å². The van der Waals surface area contributed by atoms with Crippen molar-refractivity contribution in [1.29, 1.82) is 0 Å². The van der Waals surface area contributed by atoms with Crippen molar-refractivity contribution in [3.63, 3.8) is 0 Å². The molecule has 2 aromatic carbocycles. The number of carbonyl (C=O) groups is 1. The second kappa shape index (κ2) is 6.51. The fourth-order valence-electron chi connectivity index (χ4n) is 1.94. The van der Waals surface area contributed by atoms with Gasteiger partial charge in [-0.05, 0) is 29.7 Å². The summed E-state index contributed by atoms with van der Waals surface area (Å²) in [5.41, 5.74) is -0.355. The highest BCUT2D eigenvalue weighted by Gasteiger charge is 2.23. The molecule has 0 spiro atoms. The molecular formula is C16H13F2NO4. The lowest BCUT2D eigenvalue weighted by atomic mass is 10.0. The number of halogens is 2. The molecule has 0 saturated heterocycles. The highest BCUT2D eigenvalue weighted by Crippen LogP contribution is 2.31. The molecule has 2 aromatic rings. The summed E-state index contributed by atoms with van der Waals surface area (Å²) < 4.78 is 31.7. The maximum atomic E-state index is 13.6. The van der Waals surface area contributed by atoms with Crippen LogP contribution in [-0.4, -0.2) is 10.9 Å². The zero-order valence-electron chi connectivity index (χ0n) is 12.4. The number of rotatable bonds is 4. The summed E-state index contributed by atoms with van der Waals surface area (Å²) in [7, 11) is 0. The fraction of sp³-hybridized carbons (Fsp3) is 0.188. The van der Waals surface area contributed by atoms with Crippen LogP contribution in [0.3, 0.4) is 0 Å². The predicted octanol–water partition coefficient (Wildman–Crippen LogP) is 4.22. The average molecular weight is 321 g/mol. The Labute approximate surface area is 130 Å². The van der Waals surface area contributed by atoms with Crippen LogP contribution in [0.15, 0.2) is 36.4 Å². The minimum Gasteiger partial charge on any atom is -0.415 e. The van der Waals surface area contributed by atoms with E-state index in [2.05, 4.69) is 0 Å². The monoisotopic (exact) mass is 321 g/mol. The Hall–Kier alpha value is -2.83. The van der Waals surface area contributed by atoms with Gasteiger partial charge in [0, 0.05) is 6.07 Å². The molecule has 0 atom stereocenters. The number of esters is 1. The van der Waals surface area contributed by atoms with E-state index >= 15 is 0 Å². The van der Waals surface area contributed by atoms with Crippen molar-refractivity contribution >= 4 is 11.7 Å². The van der Waals surface area contributed by atoms with Crippen molar-refractivity contribution in [3.05, 3.63) is 69.3 Å². The molecular weight excluding hydrogens is 308 g/mol. The summed E-state index contributed by atoms with van der Waals surface area (Å²) in [6, 6.07) is 7.14. The second-order valence-electron chi connectivity index (χ2n) is 5.13. The summed E-state index contributed by atoms with van der Waals surface area (Å²) in [5.74, 6) is -4.04. The van der Waals surface area contributed by atoms with Gasteiger partial charge < -0.3 is 4.74 Å². The van der Waals surface area contributed by atoms with E-state index in [9.17, 15) is 23.7 Å². The van der Waals surface area contributed by atoms with Gasteiger partial charge in [-0.1, -0.05) is 26.0 Å². The number of hydrogen-bond donors (Lipinski definition) is 0. The predicted molar refractivity (Wildman–Crippen MR) is 78.5 cm³/mol. The molecule has 0 amide bonds. The van der Waals surface area contributed by atoms with E-state index in [1.807, 2.05) is 13.8 Å². The molecule has 23 heavy (non-hydrogen) atoms. The van der Waals surface area contributed by atoms with Gasteiger partial charge in [0.15, 0.2) is 11.6 Å². The second-order valence-corrected chi connectivity index (χ2v) is 5.13. The number of benzene rings is 2. The van der Waals surface area contributed by atoms with Crippen LogP contribution in [0.1, 0.15) is 35.7 Å². The van der Waals surface area contributed by atoms with Crippen molar-refractivity contribution in [1.82, 2.24) is 0 Å². The molecule has 0 radical (unpaired) electrons. The van der Waals surface area contributed by atoms with Crippen LogP contribution in [0.5, 0.6) is 5.75 Å². The van der Waals surface area contributed by atoms with Crippen LogP contribution in [-0.2, 0) is 0 Å². The minimum atomic E-state index is -1.36. The molecule has 0 unspecified atom stereocenters. The molecule has 0 aliphatic carbocycles. The lowest BCUT2D eigenvalue weighted by molar-refractivity contribution is -0.385. The smallest absolute Gasteiger partial charge is 0.346 e. The molecule has 120 valence electrons. The zero-order chi connectivity index (χ0) is 17.1. The van der Waals surface area contributed by atoms with Crippen molar-refractivity contribution in [3.8, 4) is 5.75 Å². The number of ether oxygens (including phenoxy) is 1. The van der Waals surface area contributed by atoms with Gasteiger partial charge in [-0.2, -0.15) is 0 Å². The van der Waals surface area contributed by atoms with E-state index in [4.69, 9.17) is 4.74 Å². The highest BCUT2D eigenvalue weighted by atomic mass is 19.2. The Morgan fingerprint density at radius 3 is 2.52 bits per heavy atom. The van der Waals surface area contributed by atoms with E-state index in [-0.39, 0.29) is 11.7 Å². The van der Waals surface area contributed by atoms with E-state index in [0.717, 1.165) is 18.2 Å². The normalized spacial score (nSPS) is 10.7. The fourth-order valence-corrected chi connectivity index (χ4v) is 1.94. The molecule has 0 N–H and O–H groups in total. The molecule has 0 aliphatic rings. The quantitative estimate of drug-likeness (QED) is 0.366. The number of nitrogens with zero attached hydrogens (tertiary/aromatic N) is 1. The maximum Gasteiger partial charge on any atom is 0.346 e. The Bertz CT molecular complexity index is 775. The average Bonchev–Trinajstić information content (AvgIpc) is 2.49. The molecule has 5 nitrogen and oxygen atoms in total. The third-order valence-corrected chi connectivity index (χ3v) is 3.22. The topological polar surface area (TPSA) is 69.4 Å². The first-order valence-corrected chi connectivity index (χ1v) is 6.75. The summed E-state index contributed by atoms with van der Waals surface area (Å²) in [4.78, 5) is 22.3. The number of hydrogen-bond acceptors (Lipinski definition) is 4. The van der Waals surface area contributed by atoms with Crippen LogP contribution in [0.4, 0.5) is 14.5 Å². The van der Waals surface area contributed by atoms with Crippen LogP contribution < -0.4 is 4.74 Å². The van der Waals surface area contributed by atoms with Gasteiger partial charge >= 0.3 is 11.7 Å². The molecule has 0 bridgehead atoms. The van der Waals surface area contributed by atoms with E-state index in [0.29, 0.717) is 5.56 Å². The van der Waals surface area contributed by atoms with E-state index in [1.165, 1.54) is 12.1 Å². The van der Waals surface area contributed by atoms with Gasteiger partial charge in [0.2, 0.25) is 5.75 Å². The standard InChI is InChI=1S/C16H13F2NO4/c1-9(2)10-6-7-13(19(21)22)14(8-10)23-16(20)11-4-3-5-12(17)15(11)18/h3-9H,1-2H3. The third-order valence-electron chi connectivity index (χ3n) is 3.22. The summed E-state index contributed by atoms with van der Waals surface area (Å²) >= 11 is 0. The molecule has 0 aromatic heterocycles. The largest absolute Gasteiger partial charge is 0.415 e. The van der Waals surface area contributed by atoms with E-state index in [1.54, 1.807) is 6.07 Å². The molecule has 0 fully saturated rings. The maximum absolute atomic E-state index is 13.6. The van der Waals surface area contributed by atoms with Crippen LogP contribution in [0.25, 0.3) is 0 Å². The van der Waals surface area contributed by atoms with Crippen molar-refractivity contribution < 1.29 is 23.2 Å². The summed E-state index contributed by atoms with van der Waals surface area (Å²) in [6.07, 6.45) is 0. The summed E-state index contributed by atoms with van der Waals surface area (Å²) in [6.45, 7) is 3.72. The molecule has 7 heteroatoms. The van der Waals surface area contributed by atoms with Gasteiger partial charge in [-0.25, -0.2) is 13.6 Å². The Morgan fingerprint density at radius 2 is 1.91 bits per heavy atom. The SMILES string of the molecule is CC(C)c1ccc([N+](=O)[O-])c(OC(=O)c2cccc(F)c2F)c1. The van der Waals surface area contributed by atoms with Crippen molar-refractivity contribution in [2.75, 3.05) is 0 Å². The first-order valence-electron chi connectivity index (χ1n) is 6.75. The lowest BCUT2D eigenvalue weighted by Gasteiger charge is -2.10. The third kappa shape index (κ3) is 3.50. The van der Waals surface area contributed by atoms with Crippen molar-refractivity contribution in [2.24, 2.45) is 0 Å². The lowest BCUT2D eigenvalue weighted by Crippen LogP contribution is -2.13. The van der Waals surface area contributed by atoms with Gasteiger partial charge in [-0.3, -0.25) is 10.1 Å². The van der Waals surface area contributed by atoms with Gasteiger partial charge in [0.1, 0.15) is 0 Å². The molecule has 2 rings (SSSR count). The first kappa shape index (κ1) is 16.5. The van der Waals surface area contributed by atoms with Crippen LogP contribution in [0, 0.1) is 21.7 Å². The zero-order valence-corrected chi connectivity index (χ0v) is 12.4. The molecule has 0 heterocycles. The molecule has 0 aliphatic heterocycles. The Morgan fingerprint density at radius 1 is 1.22 bits per heavy atom. The number of nitro groups is 1. The number of carbonyl (C=O) groups excluding carboxylic acids is 1. The Balaban J connectivity index is 2.41. The van der Waals surface area contributed by atoms with Crippen LogP contribution in [0.2, 0.25) is 0 Å². The van der Waals surface area contributed by atoms with E-state index < -0.39 is 33.8 Å². The summed E-state index contributed by atoms with van der Waals surface area (Å²) in [5, 5.41) is 11.0. The number of nitro benzene ring substituents is 1. The molecule has 0 saturated carbocycles. The first-order chi connectivity index (χ1) is 10.8.